The van der Waals surface area contributed by atoms with Crippen LogP contribution in [0.4, 0.5) is 0 Å². The molecular formula is C17H16N2O. The second-order valence-electron chi connectivity index (χ2n) is 4.79. The van der Waals surface area contributed by atoms with Gasteiger partial charge in [0.05, 0.1) is 12.1 Å². The van der Waals surface area contributed by atoms with Gasteiger partial charge in [0.2, 0.25) is 0 Å². The van der Waals surface area contributed by atoms with E-state index in [1.807, 2.05) is 54.1 Å². The lowest BCUT2D eigenvalue weighted by atomic mass is 10.1. The molecule has 1 aromatic heterocycles. The van der Waals surface area contributed by atoms with E-state index in [0.717, 1.165) is 10.9 Å². The molecule has 0 saturated carbocycles. The highest BCUT2D eigenvalue weighted by atomic mass is 16.1. The normalized spacial score (nSPS) is 10.8. The molecule has 0 amide bonds. The first kappa shape index (κ1) is 12.6. The first-order chi connectivity index (χ1) is 9.79. The summed E-state index contributed by atoms with van der Waals surface area (Å²) < 4.78 is 1.91. The third-order valence-electron chi connectivity index (χ3n) is 3.42. The van der Waals surface area contributed by atoms with Crippen LogP contribution in [0.3, 0.4) is 0 Å². The summed E-state index contributed by atoms with van der Waals surface area (Å²) in [6, 6.07) is 18.1. The molecule has 0 aliphatic rings. The van der Waals surface area contributed by atoms with Crippen LogP contribution in [0.5, 0.6) is 0 Å². The Morgan fingerprint density at radius 1 is 1.05 bits per heavy atom. The van der Waals surface area contributed by atoms with Gasteiger partial charge in [0.25, 0.3) is 0 Å². The van der Waals surface area contributed by atoms with Crippen LogP contribution in [0.1, 0.15) is 29.4 Å². The van der Waals surface area contributed by atoms with Crippen molar-refractivity contribution >= 4 is 16.7 Å². The number of aromatic nitrogens is 2. The summed E-state index contributed by atoms with van der Waals surface area (Å²) in [6.45, 7) is 2.55. The van der Waals surface area contributed by atoms with Crippen LogP contribution in [-0.4, -0.2) is 15.6 Å². The SMILES string of the molecule is CCC(=O)c1nn(Cc2ccccc2)c2ccccc12. The molecule has 3 nitrogen and oxygen atoms in total. The molecule has 3 aromatic rings. The second kappa shape index (κ2) is 5.29. The fourth-order valence-electron chi connectivity index (χ4n) is 2.38. The Balaban J connectivity index is 2.09. The first-order valence-corrected chi connectivity index (χ1v) is 6.82. The molecule has 0 N–H and O–H groups in total. The zero-order chi connectivity index (χ0) is 13.9. The van der Waals surface area contributed by atoms with Crippen LogP contribution in [-0.2, 0) is 6.54 Å². The van der Waals surface area contributed by atoms with Gasteiger partial charge >= 0.3 is 0 Å². The minimum atomic E-state index is 0.0908. The van der Waals surface area contributed by atoms with Crippen LogP contribution >= 0.6 is 0 Å². The van der Waals surface area contributed by atoms with Crippen LogP contribution in [0.15, 0.2) is 54.6 Å². The van der Waals surface area contributed by atoms with Crippen molar-refractivity contribution in [3.63, 3.8) is 0 Å². The maximum Gasteiger partial charge on any atom is 0.183 e. The Labute approximate surface area is 117 Å². The summed E-state index contributed by atoms with van der Waals surface area (Å²) in [4.78, 5) is 12.0. The Hall–Kier alpha value is -2.42. The molecule has 0 radical (unpaired) electrons. The molecular weight excluding hydrogens is 248 g/mol. The van der Waals surface area contributed by atoms with E-state index in [2.05, 4.69) is 17.2 Å². The first-order valence-electron chi connectivity index (χ1n) is 6.82. The van der Waals surface area contributed by atoms with Crippen LogP contribution in [0.25, 0.3) is 10.9 Å². The fraction of sp³-hybridized carbons (Fsp3) is 0.176. The second-order valence-corrected chi connectivity index (χ2v) is 4.79. The van der Waals surface area contributed by atoms with Crippen LogP contribution < -0.4 is 0 Å². The van der Waals surface area contributed by atoms with E-state index in [1.54, 1.807) is 0 Å². The molecule has 3 heteroatoms. The number of ketones is 1. The van der Waals surface area contributed by atoms with Gasteiger partial charge in [-0.05, 0) is 11.6 Å². The predicted molar refractivity (Wildman–Crippen MR) is 79.9 cm³/mol. The molecule has 0 saturated heterocycles. The summed E-state index contributed by atoms with van der Waals surface area (Å²) in [6.07, 6.45) is 0.479. The average Bonchev–Trinajstić information content (AvgIpc) is 2.87. The van der Waals surface area contributed by atoms with Gasteiger partial charge in [-0.2, -0.15) is 5.10 Å². The van der Waals surface area contributed by atoms with Gasteiger partial charge in [-0.25, -0.2) is 0 Å². The van der Waals surface area contributed by atoms with Gasteiger partial charge in [-0.3, -0.25) is 9.48 Å². The van der Waals surface area contributed by atoms with E-state index in [-0.39, 0.29) is 5.78 Å². The van der Waals surface area contributed by atoms with Crippen molar-refractivity contribution < 1.29 is 4.79 Å². The Morgan fingerprint density at radius 2 is 1.75 bits per heavy atom. The molecule has 0 bridgehead atoms. The molecule has 0 spiro atoms. The third kappa shape index (κ3) is 2.23. The summed E-state index contributed by atoms with van der Waals surface area (Å²) in [5, 5.41) is 5.46. The van der Waals surface area contributed by atoms with Gasteiger partial charge in [0.1, 0.15) is 5.69 Å². The number of Topliss-reactive ketones (excluding diaryl/α,β-unsaturated/α-hetero) is 1. The molecule has 3 rings (SSSR count). The van der Waals surface area contributed by atoms with Crippen molar-refractivity contribution in [2.45, 2.75) is 19.9 Å². The highest BCUT2D eigenvalue weighted by Gasteiger charge is 2.15. The van der Waals surface area contributed by atoms with Crippen molar-refractivity contribution in [3.8, 4) is 0 Å². The zero-order valence-electron chi connectivity index (χ0n) is 11.4. The maximum atomic E-state index is 12.0. The van der Waals surface area contributed by atoms with Crippen molar-refractivity contribution in [3.05, 3.63) is 65.9 Å². The molecule has 0 aliphatic carbocycles. The van der Waals surface area contributed by atoms with E-state index in [1.165, 1.54) is 5.56 Å². The highest BCUT2D eigenvalue weighted by molar-refractivity contribution is 6.05. The van der Waals surface area contributed by atoms with E-state index >= 15 is 0 Å². The smallest absolute Gasteiger partial charge is 0.183 e. The van der Waals surface area contributed by atoms with Crippen molar-refractivity contribution in [1.82, 2.24) is 9.78 Å². The number of fused-ring (bicyclic) bond motifs is 1. The lowest BCUT2D eigenvalue weighted by Crippen LogP contribution is -2.04. The van der Waals surface area contributed by atoms with Gasteiger partial charge < -0.3 is 0 Å². The van der Waals surface area contributed by atoms with E-state index < -0.39 is 0 Å². The van der Waals surface area contributed by atoms with Crippen LogP contribution in [0, 0.1) is 0 Å². The number of para-hydroxylation sites is 1. The van der Waals surface area contributed by atoms with Gasteiger partial charge in [-0.1, -0.05) is 55.5 Å². The average molecular weight is 264 g/mol. The van der Waals surface area contributed by atoms with Crippen molar-refractivity contribution in [2.75, 3.05) is 0 Å². The number of hydrogen-bond acceptors (Lipinski definition) is 2. The predicted octanol–water partition coefficient (Wildman–Crippen LogP) is 3.68. The number of carbonyl (C=O) groups excluding carboxylic acids is 1. The topological polar surface area (TPSA) is 34.9 Å². The zero-order valence-corrected chi connectivity index (χ0v) is 11.4. The molecule has 0 fully saturated rings. The molecule has 100 valence electrons. The van der Waals surface area contributed by atoms with Gasteiger partial charge in [-0.15, -0.1) is 0 Å². The Morgan fingerprint density at radius 3 is 2.50 bits per heavy atom. The van der Waals surface area contributed by atoms with Gasteiger partial charge in [0.15, 0.2) is 5.78 Å². The molecule has 0 unspecified atom stereocenters. The molecule has 1 heterocycles. The number of nitrogens with zero attached hydrogens (tertiary/aromatic N) is 2. The van der Waals surface area contributed by atoms with E-state index in [9.17, 15) is 4.79 Å². The Kier molecular flexibility index (Phi) is 3.33. The lowest BCUT2D eigenvalue weighted by Gasteiger charge is -2.03. The number of carbonyl (C=O) groups is 1. The molecule has 20 heavy (non-hydrogen) atoms. The summed E-state index contributed by atoms with van der Waals surface area (Å²) in [7, 11) is 0. The van der Waals surface area contributed by atoms with E-state index in [0.29, 0.717) is 18.7 Å². The van der Waals surface area contributed by atoms with E-state index in [4.69, 9.17) is 0 Å². The monoisotopic (exact) mass is 264 g/mol. The number of hydrogen-bond donors (Lipinski definition) is 0. The molecule has 0 atom stereocenters. The fourth-order valence-corrected chi connectivity index (χ4v) is 2.38. The van der Waals surface area contributed by atoms with Crippen LogP contribution in [0.2, 0.25) is 0 Å². The quantitative estimate of drug-likeness (QED) is 0.674. The number of benzene rings is 2. The summed E-state index contributed by atoms with van der Waals surface area (Å²) >= 11 is 0. The minimum Gasteiger partial charge on any atom is -0.292 e. The molecule has 2 aromatic carbocycles. The molecule has 0 aliphatic heterocycles. The van der Waals surface area contributed by atoms with Gasteiger partial charge in [0, 0.05) is 11.8 Å². The van der Waals surface area contributed by atoms with Crippen molar-refractivity contribution in [1.29, 1.82) is 0 Å². The van der Waals surface area contributed by atoms with Crippen molar-refractivity contribution in [2.24, 2.45) is 0 Å². The maximum absolute atomic E-state index is 12.0. The third-order valence-corrected chi connectivity index (χ3v) is 3.42. The summed E-state index contributed by atoms with van der Waals surface area (Å²) in [5.41, 5.74) is 2.77. The highest BCUT2D eigenvalue weighted by Crippen LogP contribution is 2.20. The Bertz CT molecular complexity index is 744. The number of rotatable bonds is 4. The standard InChI is InChI=1S/C17H16N2O/c1-2-16(20)17-14-10-6-7-11-15(14)19(18-17)12-13-8-4-3-5-9-13/h3-11H,2,12H2,1H3. The summed E-state index contributed by atoms with van der Waals surface area (Å²) in [5.74, 6) is 0.0908. The minimum absolute atomic E-state index is 0.0908. The lowest BCUT2D eigenvalue weighted by molar-refractivity contribution is 0.0984. The largest absolute Gasteiger partial charge is 0.292 e.